The first kappa shape index (κ1) is 48.8. The molecule has 1 aliphatic heterocycles. The predicted octanol–water partition coefficient (Wildman–Crippen LogP) is 5.40. The van der Waals surface area contributed by atoms with Crippen LogP contribution >= 0.6 is 0 Å². The van der Waals surface area contributed by atoms with Gasteiger partial charge in [0.1, 0.15) is 30.5 Å². The van der Waals surface area contributed by atoms with Crippen LogP contribution in [0.5, 0.6) is 0 Å². The van der Waals surface area contributed by atoms with E-state index in [9.17, 15) is 38.7 Å². The van der Waals surface area contributed by atoms with Gasteiger partial charge in [0.15, 0.2) is 6.29 Å². The van der Waals surface area contributed by atoms with Gasteiger partial charge in [0.2, 0.25) is 5.91 Å². The summed E-state index contributed by atoms with van der Waals surface area (Å²) in [4.78, 5) is 13.0. The van der Waals surface area contributed by atoms with Crippen LogP contribution in [-0.4, -0.2) is 107 Å². The number of rotatable bonds is 33. The van der Waals surface area contributed by atoms with E-state index in [1.165, 1.54) is 89.5 Å². The van der Waals surface area contributed by atoms with E-state index in [1.54, 1.807) is 6.08 Å². The standard InChI is InChI=1S/C38H73NO12S/c1-3-5-7-9-11-13-14-15-16-17-18-19-21-23-25-27-32(42)37(45)39-30(31(41)26-24-22-20-12-10-8-6-4-2)29-49-38-35(44)36(51-52(46,47)48)34(43)33(28-40)50-38/h24,26,30-36,38,40-44H,3-23,25,27-29H2,1-2H3,(H,39,45)(H,46,47,48)/b26-24+. The summed E-state index contributed by atoms with van der Waals surface area (Å²) in [6.45, 7) is 3.14. The summed E-state index contributed by atoms with van der Waals surface area (Å²) in [7, 11) is -5.11. The topological polar surface area (TPSA) is 212 Å². The van der Waals surface area contributed by atoms with Crippen molar-refractivity contribution in [1.29, 1.82) is 0 Å². The molecule has 1 rings (SSSR count). The maximum atomic E-state index is 13.0. The Morgan fingerprint density at radius 2 is 1.25 bits per heavy atom. The molecule has 1 aliphatic rings. The molecule has 8 atom stereocenters. The molecular weight excluding hydrogens is 694 g/mol. The highest BCUT2D eigenvalue weighted by molar-refractivity contribution is 7.80. The Bertz CT molecular complexity index is 1020. The maximum absolute atomic E-state index is 13.0. The van der Waals surface area contributed by atoms with Crippen LogP contribution in [0.25, 0.3) is 0 Å². The molecule has 13 nitrogen and oxygen atoms in total. The average Bonchev–Trinajstić information content (AvgIpc) is 3.11. The van der Waals surface area contributed by atoms with Crippen LogP contribution in [0.2, 0.25) is 0 Å². The van der Waals surface area contributed by atoms with Crippen LogP contribution in [0.3, 0.4) is 0 Å². The lowest BCUT2D eigenvalue weighted by Crippen LogP contribution is -2.61. The quantitative estimate of drug-likeness (QED) is 0.0254. The fraction of sp³-hybridized carbons (Fsp3) is 0.921. The highest BCUT2D eigenvalue weighted by atomic mass is 32.3. The van der Waals surface area contributed by atoms with Crippen molar-refractivity contribution in [3.63, 3.8) is 0 Å². The second kappa shape index (κ2) is 30.1. The number of nitrogens with one attached hydrogen (secondary N) is 1. The second-order valence-corrected chi connectivity index (χ2v) is 15.4. The normalized spacial score (nSPS) is 22.8. The first-order chi connectivity index (χ1) is 24.9. The minimum atomic E-state index is -5.11. The Morgan fingerprint density at radius 3 is 1.73 bits per heavy atom. The van der Waals surface area contributed by atoms with Gasteiger partial charge in [-0.15, -0.1) is 0 Å². The Hall–Kier alpha value is -1.20. The lowest BCUT2D eigenvalue weighted by Gasteiger charge is -2.41. The number of carbonyl (C=O) groups excluding carboxylic acids is 1. The molecule has 0 bridgehead atoms. The first-order valence-corrected chi connectivity index (χ1v) is 21.5. The number of hydrogen-bond acceptors (Lipinski definition) is 11. The molecule has 1 fully saturated rings. The van der Waals surface area contributed by atoms with Gasteiger partial charge in [0.05, 0.1) is 25.4 Å². The molecule has 52 heavy (non-hydrogen) atoms. The highest BCUT2D eigenvalue weighted by Gasteiger charge is 2.48. The van der Waals surface area contributed by atoms with Crippen LogP contribution in [0.4, 0.5) is 0 Å². The summed E-state index contributed by atoms with van der Waals surface area (Å²) in [5.41, 5.74) is 0. The fourth-order valence-corrected chi connectivity index (χ4v) is 6.91. The van der Waals surface area contributed by atoms with E-state index < -0.39 is 78.5 Å². The number of carbonyl (C=O) groups is 1. The molecule has 0 aromatic rings. The summed E-state index contributed by atoms with van der Waals surface area (Å²) in [6, 6.07) is -1.11. The van der Waals surface area contributed by atoms with Gasteiger partial charge in [-0.25, -0.2) is 4.18 Å². The minimum Gasteiger partial charge on any atom is -0.394 e. The molecule has 0 radical (unpaired) electrons. The van der Waals surface area contributed by atoms with Gasteiger partial charge in [-0.05, 0) is 19.3 Å². The molecule has 14 heteroatoms. The number of aliphatic hydroxyl groups is 5. The van der Waals surface area contributed by atoms with Crippen molar-refractivity contribution in [2.24, 2.45) is 0 Å². The van der Waals surface area contributed by atoms with Gasteiger partial charge in [-0.3, -0.25) is 9.35 Å². The molecule has 0 aliphatic carbocycles. The average molecular weight is 768 g/mol. The molecule has 308 valence electrons. The molecule has 0 aromatic heterocycles. The minimum absolute atomic E-state index is 0.247. The lowest BCUT2D eigenvalue weighted by molar-refractivity contribution is -0.298. The zero-order valence-corrected chi connectivity index (χ0v) is 32.8. The van der Waals surface area contributed by atoms with Crippen LogP contribution < -0.4 is 5.32 Å². The largest absolute Gasteiger partial charge is 0.397 e. The van der Waals surface area contributed by atoms with E-state index in [2.05, 4.69) is 23.3 Å². The molecule has 8 unspecified atom stereocenters. The van der Waals surface area contributed by atoms with Crippen molar-refractivity contribution in [2.75, 3.05) is 13.2 Å². The van der Waals surface area contributed by atoms with Gasteiger partial charge in [-0.2, -0.15) is 8.42 Å². The lowest BCUT2D eigenvalue weighted by atomic mass is 9.99. The smallest absolute Gasteiger partial charge is 0.394 e. The van der Waals surface area contributed by atoms with Crippen molar-refractivity contribution in [3.05, 3.63) is 12.2 Å². The molecule has 1 amide bonds. The molecule has 1 saturated heterocycles. The van der Waals surface area contributed by atoms with Crippen molar-refractivity contribution < 1.29 is 57.0 Å². The van der Waals surface area contributed by atoms with Gasteiger partial charge >= 0.3 is 10.4 Å². The van der Waals surface area contributed by atoms with Crippen molar-refractivity contribution in [1.82, 2.24) is 5.32 Å². The van der Waals surface area contributed by atoms with Crippen LogP contribution in [0, 0.1) is 0 Å². The zero-order valence-electron chi connectivity index (χ0n) is 32.0. The number of allylic oxidation sites excluding steroid dienone is 1. The highest BCUT2D eigenvalue weighted by Crippen LogP contribution is 2.26. The van der Waals surface area contributed by atoms with Gasteiger partial charge in [0, 0.05) is 0 Å². The molecule has 7 N–H and O–H groups in total. The van der Waals surface area contributed by atoms with Gasteiger partial charge in [-0.1, -0.05) is 154 Å². The van der Waals surface area contributed by atoms with Crippen molar-refractivity contribution in [3.8, 4) is 0 Å². The third-order valence-electron chi connectivity index (χ3n) is 9.68. The third kappa shape index (κ3) is 22.9. The Balaban J connectivity index is 2.61. The predicted molar refractivity (Wildman–Crippen MR) is 201 cm³/mol. The molecule has 0 spiro atoms. The van der Waals surface area contributed by atoms with Crippen LogP contribution in [0.15, 0.2) is 12.2 Å². The zero-order chi connectivity index (χ0) is 38.6. The van der Waals surface area contributed by atoms with E-state index >= 15 is 0 Å². The summed E-state index contributed by atoms with van der Waals surface area (Å²) in [5.74, 6) is -0.705. The summed E-state index contributed by atoms with van der Waals surface area (Å²) < 4.78 is 47.2. The summed E-state index contributed by atoms with van der Waals surface area (Å²) in [6.07, 6.45) is 17.6. The molecule has 0 aromatic carbocycles. The number of hydrogen-bond donors (Lipinski definition) is 7. The van der Waals surface area contributed by atoms with E-state index in [4.69, 9.17) is 14.0 Å². The van der Waals surface area contributed by atoms with Crippen molar-refractivity contribution in [2.45, 2.75) is 210 Å². The van der Waals surface area contributed by atoms with Gasteiger partial charge in [0.25, 0.3) is 0 Å². The van der Waals surface area contributed by atoms with Gasteiger partial charge < -0.3 is 40.3 Å². The second-order valence-electron chi connectivity index (χ2n) is 14.4. The molecule has 1 heterocycles. The Morgan fingerprint density at radius 1 is 0.769 bits per heavy atom. The number of amides is 1. The van der Waals surface area contributed by atoms with Crippen molar-refractivity contribution >= 4 is 16.3 Å². The van der Waals surface area contributed by atoms with E-state index in [0.29, 0.717) is 12.8 Å². The maximum Gasteiger partial charge on any atom is 0.397 e. The third-order valence-corrected chi connectivity index (χ3v) is 10.1. The number of unbranched alkanes of at least 4 members (excludes halogenated alkanes) is 20. The van der Waals surface area contributed by atoms with E-state index in [1.807, 2.05) is 0 Å². The van der Waals surface area contributed by atoms with Crippen LogP contribution in [-0.2, 0) is 28.9 Å². The summed E-state index contributed by atoms with van der Waals surface area (Å²) >= 11 is 0. The molecular formula is C38H73NO12S. The summed E-state index contributed by atoms with van der Waals surface area (Å²) in [5, 5.41) is 54.8. The first-order valence-electron chi connectivity index (χ1n) is 20.2. The number of aliphatic hydroxyl groups excluding tert-OH is 5. The fourth-order valence-electron chi connectivity index (χ4n) is 6.40. The molecule has 0 saturated carbocycles. The van der Waals surface area contributed by atoms with E-state index in [0.717, 1.165) is 44.9 Å². The SMILES string of the molecule is CCCCCCCC/C=C/C(O)C(COC1OC(CO)C(O)C(OS(=O)(=O)O)C1O)NC(=O)C(O)CCCCCCCCCCCCCCCCC. The van der Waals surface area contributed by atoms with E-state index in [-0.39, 0.29) is 6.42 Å². The Kier molecular flexibility index (Phi) is 28.2. The monoisotopic (exact) mass is 767 g/mol. The van der Waals surface area contributed by atoms with Crippen LogP contribution in [0.1, 0.15) is 162 Å². The number of ether oxygens (including phenoxy) is 2. The Labute approximate surface area is 313 Å².